The van der Waals surface area contributed by atoms with E-state index in [-0.39, 0.29) is 11.9 Å². The number of hydrogen-bond donors (Lipinski definition) is 1. The van der Waals surface area contributed by atoms with Crippen LogP contribution < -0.4 is 4.90 Å². The lowest BCUT2D eigenvalue weighted by atomic mass is 9.98. The first-order chi connectivity index (χ1) is 10.7. The SMILES string of the molecule is CCOC(=O)[C@@H]1CCC[NH+](Cn2c(=S)oc3ccccc32)C1. The lowest BCUT2D eigenvalue weighted by Gasteiger charge is -2.28. The second-order valence-corrected chi connectivity index (χ2v) is 6.07. The second-order valence-electron chi connectivity index (χ2n) is 5.72. The number of fused-ring (bicyclic) bond motifs is 1. The van der Waals surface area contributed by atoms with Crippen LogP contribution in [0, 0.1) is 10.8 Å². The Morgan fingerprint density at radius 2 is 2.32 bits per heavy atom. The van der Waals surface area contributed by atoms with Gasteiger partial charge in [0, 0.05) is 0 Å². The van der Waals surface area contributed by atoms with Gasteiger partial charge in [-0.05, 0) is 44.1 Å². The number of nitrogens with zero attached hydrogens (tertiary/aromatic N) is 1. The third-order valence-electron chi connectivity index (χ3n) is 4.19. The van der Waals surface area contributed by atoms with E-state index >= 15 is 0 Å². The van der Waals surface area contributed by atoms with Gasteiger partial charge >= 0.3 is 5.97 Å². The molecule has 0 aliphatic carbocycles. The zero-order chi connectivity index (χ0) is 15.5. The van der Waals surface area contributed by atoms with Gasteiger partial charge in [-0.3, -0.25) is 9.36 Å². The molecule has 3 rings (SSSR count). The van der Waals surface area contributed by atoms with E-state index in [1.54, 1.807) is 0 Å². The molecular weight excluding hydrogens is 300 g/mol. The van der Waals surface area contributed by atoms with Crippen LogP contribution >= 0.6 is 12.2 Å². The van der Waals surface area contributed by atoms with Crippen LogP contribution in [0.3, 0.4) is 0 Å². The molecule has 1 saturated heterocycles. The average Bonchev–Trinajstić information content (AvgIpc) is 2.84. The Morgan fingerprint density at radius 3 is 3.14 bits per heavy atom. The van der Waals surface area contributed by atoms with E-state index in [0.29, 0.717) is 11.4 Å². The average molecular weight is 321 g/mol. The minimum atomic E-state index is -0.0691. The van der Waals surface area contributed by atoms with Crippen LogP contribution in [0.4, 0.5) is 0 Å². The Bertz CT molecular complexity index is 721. The predicted octanol–water partition coefficient (Wildman–Crippen LogP) is 1.78. The van der Waals surface area contributed by atoms with Gasteiger partial charge in [-0.15, -0.1) is 0 Å². The number of ether oxygens (including phenoxy) is 1. The van der Waals surface area contributed by atoms with E-state index in [4.69, 9.17) is 21.4 Å². The van der Waals surface area contributed by atoms with E-state index in [9.17, 15) is 4.79 Å². The Kier molecular flexibility index (Phi) is 4.59. The molecule has 6 heteroatoms. The quantitative estimate of drug-likeness (QED) is 0.689. The maximum Gasteiger partial charge on any atom is 0.314 e. The molecule has 22 heavy (non-hydrogen) atoms. The number of piperidine rings is 1. The fraction of sp³-hybridized carbons (Fsp3) is 0.500. The first kappa shape index (κ1) is 15.2. The van der Waals surface area contributed by atoms with Crippen LogP contribution in [-0.4, -0.2) is 30.2 Å². The molecule has 2 heterocycles. The van der Waals surface area contributed by atoms with Gasteiger partial charge in [0.1, 0.15) is 5.92 Å². The van der Waals surface area contributed by atoms with Crippen molar-refractivity contribution in [2.45, 2.75) is 26.4 Å². The summed E-state index contributed by atoms with van der Waals surface area (Å²) in [6.45, 7) is 4.85. The molecule has 1 unspecified atom stereocenters. The van der Waals surface area contributed by atoms with Gasteiger partial charge in [0.05, 0.1) is 25.2 Å². The summed E-state index contributed by atoms with van der Waals surface area (Å²) in [6, 6.07) is 7.86. The Balaban J connectivity index is 1.76. The number of nitrogens with one attached hydrogen (secondary N) is 1. The highest BCUT2D eigenvalue weighted by Gasteiger charge is 2.30. The molecule has 5 nitrogen and oxygen atoms in total. The van der Waals surface area contributed by atoms with Crippen molar-refractivity contribution in [3.8, 4) is 0 Å². The Labute approximate surface area is 134 Å². The summed E-state index contributed by atoms with van der Waals surface area (Å²) in [6.07, 6.45) is 1.95. The number of rotatable bonds is 4. The third-order valence-corrected chi connectivity index (χ3v) is 4.50. The smallest absolute Gasteiger partial charge is 0.314 e. The molecule has 1 aliphatic heterocycles. The normalized spacial score (nSPS) is 21.9. The predicted molar refractivity (Wildman–Crippen MR) is 85.1 cm³/mol. The molecule has 0 spiro atoms. The van der Waals surface area contributed by atoms with Gasteiger partial charge in [-0.1, -0.05) is 12.1 Å². The van der Waals surface area contributed by atoms with Crippen molar-refractivity contribution in [2.24, 2.45) is 5.92 Å². The molecule has 0 radical (unpaired) electrons. The van der Waals surface area contributed by atoms with Crippen molar-refractivity contribution >= 4 is 29.3 Å². The summed E-state index contributed by atoms with van der Waals surface area (Å²) >= 11 is 5.34. The van der Waals surface area contributed by atoms with E-state index < -0.39 is 0 Å². The zero-order valence-corrected chi connectivity index (χ0v) is 13.5. The topological polar surface area (TPSA) is 48.8 Å². The maximum atomic E-state index is 11.9. The van der Waals surface area contributed by atoms with Crippen molar-refractivity contribution < 1.29 is 18.8 Å². The minimum absolute atomic E-state index is 0.00367. The number of aromatic nitrogens is 1. The first-order valence-corrected chi connectivity index (χ1v) is 8.18. The molecule has 0 bridgehead atoms. The molecule has 1 fully saturated rings. The number of benzene rings is 1. The number of esters is 1. The Hall–Kier alpha value is -1.66. The molecule has 2 atom stereocenters. The highest BCUT2D eigenvalue weighted by molar-refractivity contribution is 7.71. The lowest BCUT2D eigenvalue weighted by molar-refractivity contribution is -0.929. The van der Waals surface area contributed by atoms with Crippen LogP contribution in [0.1, 0.15) is 19.8 Å². The number of carbonyl (C=O) groups is 1. The van der Waals surface area contributed by atoms with Crippen molar-refractivity contribution in [1.82, 2.24) is 4.57 Å². The van der Waals surface area contributed by atoms with Gasteiger partial charge in [0.15, 0.2) is 12.3 Å². The molecule has 1 aliphatic rings. The van der Waals surface area contributed by atoms with Crippen molar-refractivity contribution in [3.63, 3.8) is 0 Å². The number of quaternary nitrogens is 1. The van der Waals surface area contributed by atoms with Crippen LogP contribution in [0.2, 0.25) is 0 Å². The summed E-state index contributed by atoms with van der Waals surface area (Å²) in [5.74, 6) is -0.0728. The zero-order valence-electron chi connectivity index (χ0n) is 12.7. The summed E-state index contributed by atoms with van der Waals surface area (Å²) in [4.78, 5) is 13.8. The fourth-order valence-corrected chi connectivity index (χ4v) is 3.40. The molecule has 0 amide bonds. The van der Waals surface area contributed by atoms with Gasteiger partial charge in [-0.25, -0.2) is 0 Å². The standard InChI is InChI=1S/C16H20N2O3S/c1-2-20-15(19)12-6-5-9-17(10-12)11-18-13-7-3-4-8-14(13)21-16(18)22/h3-4,7-8,12H,2,5-6,9-11H2,1H3/p+1/t12-/m1/s1. The van der Waals surface area contributed by atoms with Crippen LogP contribution in [0.25, 0.3) is 11.1 Å². The third kappa shape index (κ3) is 3.08. The highest BCUT2D eigenvalue weighted by Crippen LogP contribution is 2.16. The summed E-state index contributed by atoms with van der Waals surface area (Å²) in [5.41, 5.74) is 1.82. The fourth-order valence-electron chi connectivity index (χ4n) is 3.14. The minimum Gasteiger partial charge on any atom is -0.466 e. The number of para-hydroxylation sites is 2. The van der Waals surface area contributed by atoms with Gasteiger partial charge < -0.3 is 14.1 Å². The summed E-state index contributed by atoms with van der Waals surface area (Å²) in [5, 5.41) is 0. The van der Waals surface area contributed by atoms with Crippen LogP contribution in [0.5, 0.6) is 0 Å². The largest absolute Gasteiger partial charge is 0.466 e. The van der Waals surface area contributed by atoms with E-state index in [2.05, 4.69) is 0 Å². The van der Waals surface area contributed by atoms with Crippen molar-refractivity contribution in [3.05, 3.63) is 29.1 Å². The van der Waals surface area contributed by atoms with E-state index in [0.717, 1.165) is 43.7 Å². The monoisotopic (exact) mass is 321 g/mol. The molecule has 1 aromatic carbocycles. The van der Waals surface area contributed by atoms with E-state index in [1.165, 1.54) is 4.90 Å². The summed E-state index contributed by atoms with van der Waals surface area (Å²) in [7, 11) is 0. The van der Waals surface area contributed by atoms with Crippen LogP contribution in [-0.2, 0) is 16.2 Å². The van der Waals surface area contributed by atoms with Crippen LogP contribution in [0.15, 0.2) is 28.7 Å². The van der Waals surface area contributed by atoms with E-state index in [1.807, 2.05) is 35.8 Å². The molecule has 1 aromatic heterocycles. The Morgan fingerprint density at radius 1 is 1.50 bits per heavy atom. The number of oxazole rings is 1. The van der Waals surface area contributed by atoms with Gasteiger partial charge in [0.2, 0.25) is 0 Å². The molecule has 118 valence electrons. The lowest BCUT2D eigenvalue weighted by Crippen LogP contribution is -3.13. The van der Waals surface area contributed by atoms with Crippen molar-refractivity contribution in [1.29, 1.82) is 0 Å². The molecular formula is C16H21N2O3S+. The molecule has 2 aromatic rings. The first-order valence-electron chi connectivity index (χ1n) is 7.77. The van der Waals surface area contributed by atoms with Crippen molar-refractivity contribution in [2.75, 3.05) is 19.7 Å². The number of hydrogen-bond acceptors (Lipinski definition) is 4. The number of likely N-dealkylation sites (tertiary alicyclic amines) is 1. The maximum absolute atomic E-state index is 11.9. The van der Waals surface area contributed by atoms with Gasteiger partial charge in [0.25, 0.3) is 4.84 Å². The second kappa shape index (κ2) is 6.62. The number of carbonyl (C=O) groups excluding carboxylic acids is 1. The highest BCUT2D eigenvalue weighted by atomic mass is 32.1. The summed E-state index contributed by atoms with van der Waals surface area (Å²) < 4.78 is 12.8. The molecule has 1 N–H and O–H groups in total. The van der Waals surface area contributed by atoms with Gasteiger partial charge in [-0.2, -0.15) is 0 Å². The molecule has 0 saturated carbocycles.